The van der Waals surface area contributed by atoms with Gasteiger partial charge in [0.05, 0.1) is 6.10 Å². The standard InChI is InChI=1S/C26H33N3O4/c1-3-27(4-2)25(31)20-33-23-17-28(16-15-21-11-7-5-8-12-21)24(30)19-29(18-23)26(32)22-13-9-6-10-14-22/h5-14,23H,3-4,15-20H2,1-2H3. The van der Waals surface area contributed by atoms with Crippen LogP contribution < -0.4 is 0 Å². The van der Waals surface area contributed by atoms with Gasteiger partial charge in [0.15, 0.2) is 0 Å². The van der Waals surface area contributed by atoms with Gasteiger partial charge < -0.3 is 19.4 Å². The first-order valence-corrected chi connectivity index (χ1v) is 11.6. The van der Waals surface area contributed by atoms with Gasteiger partial charge in [-0.05, 0) is 38.0 Å². The Balaban J connectivity index is 1.73. The van der Waals surface area contributed by atoms with E-state index in [4.69, 9.17) is 4.74 Å². The summed E-state index contributed by atoms with van der Waals surface area (Å²) in [6, 6.07) is 18.9. The molecule has 1 fully saturated rings. The zero-order valence-electron chi connectivity index (χ0n) is 19.5. The first kappa shape index (κ1) is 24.5. The Kier molecular flexibility index (Phi) is 9.01. The predicted molar refractivity (Wildman–Crippen MR) is 127 cm³/mol. The molecule has 1 aliphatic heterocycles. The van der Waals surface area contributed by atoms with E-state index in [2.05, 4.69) is 0 Å². The van der Waals surface area contributed by atoms with E-state index < -0.39 is 6.10 Å². The molecule has 1 saturated heterocycles. The van der Waals surface area contributed by atoms with E-state index in [1.54, 1.807) is 34.1 Å². The van der Waals surface area contributed by atoms with E-state index in [1.165, 1.54) is 4.90 Å². The maximum atomic E-state index is 13.1. The Bertz CT molecular complexity index is 916. The Morgan fingerprint density at radius 2 is 1.61 bits per heavy atom. The second kappa shape index (κ2) is 12.2. The van der Waals surface area contributed by atoms with Gasteiger partial charge in [-0.2, -0.15) is 0 Å². The number of ether oxygens (including phenoxy) is 1. The molecule has 1 atom stereocenters. The summed E-state index contributed by atoms with van der Waals surface area (Å²) < 4.78 is 5.98. The average Bonchev–Trinajstić information content (AvgIpc) is 3.01. The maximum absolute atomic E-state index is 13.1. The number of carbonyl (C=O) groups is 3. The van der Waals surface area contributed by atoms with Crippen LogP contribution in [0.1, 0.15) is 29.8 Å². The third-order valence-electron chi connectivity index (χ3n) is 5.91. The first-order valence-electron chi connectivity index (χ1n) is 11.6. The summed E-state index contributed by atoms with van der Waals surface area (Å²) in [6.45, 7) is 6.14. The van der Waals surface area contributed by atoms with Gasteiger partial charge in [-0.15, -0.1) is 0 Å². The molecule has 3 amide bonds. The second-order valence-electron chi connectivity index (χ2n) is 8.13. The Hall–Kier alpha value is -3.19. The minimum atomic E-state index is -0.445. The fourth-order valence-corrected chi connectivity index (χ4v) is 3.98. The lowest BCUT2D eigenvalue weighted by molar-refractivity contribution is -0.138. The number of hydrogen-bond acceptors (Lipinski definition) is 4. The molecule has 0 bridgehead atoms. The van der Waals surface area contributed by atoms with Gasteiger partial charge in [0, 0.05) is 38.3 Å². The first-order chi connectivity index (χ1) is 16.0. The van der Waals surface area contributed by atoms with Crippen molar-refractivity contribution < 1.29 is 19.1 Å². The smallest absolute Gasteiger partial charge is 0.254 e. The van der Waals surface area contributed by atoms with E-state index in [-0.39, 0.29) is 37.4 Å². The molecule has 1 aliphatic rings. The summed E-state index contributed by atoms with van der Waals surface area (Å²) in [4.78, 5) is 43.6. The van der Waals surface area contributed by atoms with Crippen LogP contribution in [0, 0.1) is 0 Å². The van der Waals surface area contributed by atoms with E-state index in [0.717, 1.165) is 5.56 Å². The van der Waals surface area contributed by atoms with Crippen molar-refractivity contribution in [3.63, 3.8) is 0 Å². The van der Waals surface area contributed by atoms with Gasteiger partial charge in [-0.25, -0.2) is 0 Å². The van der Waals surface area contributed by atoms with Crippen molar-refractivity contribution in [3.8, 4) is 0 Å². The molecule has 7 nitrogen and oxygen atoms in total. The highest BCUT2D eigenvalue weighted by atomic mass is 16.5. The topological polar surface area (TPSA) is 70.2 Å². The Morgan fingerprint density at radius 3 is 2.24 bits per heavy atom. The van der Waals surface area contributed by atoms with Crippen LogP contribution in [0.3, 0.4) is 0 Å². The van der Waals surface area contributed by atoms with Crippen LogP contribution >= 0.6 is 0 Å². The zero-order valence-corrected chi connectivity index (χ0v) is 19.5. The van der Waals surface area contributed by atoms with Crippen LogP contribution in [0.4, 0.5) is 0 Å². The monoisotopic (exact) mass is 451 g/mol. The van der Waals surface area contributed by atoms with Crippen molar-refractivity contribution in [2.75, 3.05) is 45.9 Å². The molecule has 3 rings (SSSR count). The fourth-order valence-electron chi connectivity index (χ4n) is 3.98. The predicted octanol–water partition coefficient (Wildman–Crippen LogP) is 2.47. The summed E-state index contributed by atoms with van der Waals surface area (Å²) in [5.74, 6) is -0.416. The fraction of sp³-hybridized carbons (Fsp3) is 0.423. The lowest BCUT2D eigenvalue weighted by atomic mass is 10.1. The maximum Gasteiger partial charge on any atom is 0.254 e. The molecule has 0 radical (unpaired) electrons. The highest BCUT2D eigenvalue weighted by molar-refractivity contribution is 5.96. The molecule has 0 spiro atoms. The number of carbonyl (C=O) groups excluding carboxylic acids is 3. The van der Waals surface area contributed by atoms with Gasteiger partial charge in [0.2, 0.25) is 11.8 Å². The number of nitrogens with zero attached hydrogens (tertiary/aromatic N) is 3. The molecule has 0 aromatic heterocycles. The van der Waals surface area contributed by atoms with Crippen LogP contribution in [-0.4, -0.2) is 84.4 Å². The summed E-state index contributed by atoms with van der Waals surface area (Å²) >= 11 is 0. The molecule has 7 heteroatoms. The van der Waals surface area contributed by atoms with Crippen LogP contribution in [0.2, 0.25) is 0 Å². The molecular formula is C26H33N3O4. The molecule has 1 heterocycles. The molecule has 33 heavy (non-hydrogen) atoms. The molecule has 2 aromatic rings. The second-order valence-corrected chi connectivity index (χ2v) is 8.13. The quantitative estimate of drug-likeness (QED) is 0.587. The zero-order chi connectivity index (χ0) is 23.6. The van der Waals surface area contributed by atoms with E-state index >= 15 is 0 Å². The lowest BCUT2D eigenvalue weighted by Gasteiger charge is -2.26. The van der Waals surface area contributed by atoms with Gasteiger partial charge in [-0.3, -0.25) is 14.4 Å². The molecule has 0 aliphatic carbocycles. The van der Waals surface area contributed by atoms with Crippen molar-refractivity contribution in [3.05, 3.63) is 71.8 Å². The molecule has 176 valence electrons. The SMILES string of the molecule is CCN(CC)C(=O)COC1CN(CCc2ccccc2)C(=O)CN(C(=O)c2ccccc2)C1. The van der Waals surface area contributed by atoms with Crippen LogP contribution in [-0.2, 0) is 20.7 Å². The van der Waals surface area contributed by atoms with Crippen LogP contribution in [0.15, 0.2) is 60.7 Å². The van der Waals surface area contributed by atoms with Crippen molar-refractivity contribution in [2.45, 2.75) is 26.4 Å². The Morgan fingerprint density at radius 1 is 0.970 bits per heavy atom. The summed E-state index contributed by atoms with van der Waals surface area (Å²) in [6.07, 6.45) is 0.268. The minimum Gasteiger partial charge on any atom is -0.365 e. The van der Waals surface area contributed by atoms with E-state index in [9.17, 15) is 14.4 Å². The third-order valence-corrected chi connectivity index (χ3v) is 5.91. The minimum absolute atomic E-state index is 0.00757. The number of rotatable bonds is 9. The summed E-state index contributed by atoms with van der Waals surface area (Å²) in [5.41, 5.74) is 1.67. The van der Waals surface area contributed by atoms with Crippen molar-refractivity contribution in [2.24, 2.45) is 0 Å². The summed E-state index contributed by atoms with van der Waals surface area (Å²) in [5, 5.41) is 0. The molecular weight excluding hydrogens is 418 g/mol. The lowest BCUT2D eigenvalue weighted by Crippen LogP contribution is -2.41. The highest BCUT2D eigenvalue weighted by Crippen LogP contribution is 2.14. The van der Waals surface area contributed by atoms with Gasteiger partial charge >= 0.3 is 0 Å². The number of amides is 3. The molecule has 0 saturated carbocycles. The number of hydrogen-bond donors (Lipinski definition) is 0. The van der Waals surface area contributed by atoms with Crippen molar-refractivity contribution >= 4 is 17.7 Å². The van der Waals surface area contributed by atoms with Crippen molar-refractivity contribution in [1.82, 2.24) is 14.7 Å². The van der Waals surface area contributed by atoms with E-state index in [1.807, 2.05) is 50.2 Å². The summed E-state index contributed by atoms with van der Waals surface area (Å²) in [7, 11) is 0. The van der Waals surface area contributed by atoms with E-state index in [0.29, 0.717) is 38.2 Å². The Labute approximate surface area is 195 Å². The average molecular weight is 452 g/mol. The number of likely N-dealkylation sites (N-methyl/N-ethyl adjacent to an activating group) is 1. The van der Waals surface area contributed by atoms with Crippen LogP contribution in [0.5, 0.6) is 0 Å². The van der Waals surface area contributed by atoms with Gasteiger partial charge in [0.25, 0.3) is 5.91 Å². The number of benzene rings is 2. The molecule has 2 aromatic carbocycles. The van der Waals surface area contributed by atoms with Crippen molar-refractivity contribution in [1.29, 1.82) is 0 Å². The van der Waals surface area contributed by atoms with Gasteiger partial charge in [0.1, 0.15) is 13.2 Å². The normalized spacial score (nSPS) is 16.4. The largest absolute Gasteiger partial charge is 0.365 e. The van der Waals surface area contributed by atoms with Gasteiger partial charge in [-0.1, -0.05) is 48.5 Å². The van der Waals surface area contributed by atoms with Crippen LogP contribution in [0.25, 0.3) is 0 Å². The molecule has 1 unspecified atom stereocenters. The third kappa shape index (κ3) is 6.89. The molecule has 0 N–H and O–H groups in total. The highest BCUT2D eigenvalue weighted by Gasteiger charge is 2.31.